The number of amides is 1. The summed E-state index contributed by atoms with van der Waals surface area (Å²) in [5.74, 6) is 1.02. The van der Waals surface area contributed by atoms with E-state index in [0.717, 1.165) is 17.1 Å². The first-order valence-electron chi connectivity index (χ1n) is 11.1. The summed E-state index contributed by atoms with van der Waals surface area (Å²) < 4.78 is 11.5. The van der Waals surface area contributed by atoms with Crippen molar-refractivity contribution in [3.63, 3.8) is 0 Å². The van der Waals surface area contributed by atoms with Gasteiger partial charge in [-0.1, -0.05) is 0 Å². The van der Waals surface area contributed by atoms with Gasteiger partial charge in [0.15, 0.2) is 11.5 Å². The molecular formula is C25H32N4O3S. The zero-order chi connectivity index (χ0) is 24.0. The van der Waals surface area contributed by atoms with Crippen molar-refractivity contribution >= 4 is 22.9 Å². The second-order valence-electron chi connectivity index (χ2n) is 8.26. The van der Waals surface area contributed by atoms with Crippen LogP contribution in [0, 0.1) is 6.92 Å². The normalized spacial score (nSPS) is 11.3. The Hall–Kier alpha value is -2.97. The van der Waals surface area contributed by atoms with Gasteiger partial charge in [0.05, 0.1) is 12.8 Å². The Labute approximate surface area is 199 Å². The minimum Gasteiger partial charge on any atom is -0.493 e. The quantitative estimate of drug-likeness (QED) is 0.437. The number of hydrogen-bond donors (Lipinski definition) is 1. The van der Waals surface area contributed by atoms with E-state index in [1.165, 1.54) is 11.3 Å². The molecule has 2 heterocycles. The van der Waals surface area contributed by atoms with Gasteiger partial charge in [0.1, 0.15) is 16.5 Å². The molecule has 0 unspecified atom stereocenters. The fourth-order valence-corrected chi connectivity index (χ4v) is 4.62. The van der Waals surface area contributed by atoms with E-state index in [9.17, 15) is 4.79 Å². The number of methoxy groups -OCH3 is 1. The maximum atomic E-state index is 13.0. The standard InChI is InChI=1S/C25H32N4O3S/c1-16(2)29(17(3)4)13-14-32-22-15-20(7-8-21(22)31-6)28-24(30)23-18(5)27-25(33-23)19-9-11-26-12-10-19/h7-12,15-17H,13-14H2,1-6H3,(H,28,30). The molecule has 0 aliphatic heterocycles. The van der Waals surface area contributed by atoms with Crippen LogP contribution >= 0.6 is 11.3 Å². The van der Waals surface area contributed by atoms with E-state index >= 15 is 0 Å². The summed E-state index contributed by atoms with van der Waals surface area (Å²) in [5.41, 5.74) is 2.27. The summed E-state index contributed by atoms with van der Waals surface area (Å²) in [7, 11) is 1.61. The van der Waals surface area contributed by atoms with Gasteiger partial charge in [-0.25, -0.2) is 4.98 Å². The van der Waals surface area contributed by atoms with Gasteiger partial charge >= 0.3 is 0 Å². The first kappa shape index (κ1) is 24.7. The minimum atomic E-state index is -0.202. The van der Waals surface area contributed by atoms with Crippen molar-refractivity contribution in [2.24, 2.45) is 0 Å². The van der Waals surface area contributed by atoms with E-state index in [4.69, 9.17) is 9.47 Å². The molecule has 3 aromatic rings. The van der Waals surface area contributed by atoms with Gasteiger partial charge in [-0.2, -0.15) is 0 Å². The Bertz CT molecular complexity index is 1060. The van der Waals surface area contributed by atoms with Crippen molar-refractivity contribution in [2.45, 2.75) is 46.7 Å². The third-order valence-electron chi connectivity index (χ3n) is 5.29. The lowest BCUT2D eigenvalue weighted by atomic mass is 10.2. The largest absolute Gasteiger partial charge is 0.493 e. The molecule has 7 nitrogen and oxygen atoms in total. The van der Waals surface area contributed by atoms with Gasteiger partial charge < -0.3 is 14.8 Å². The van der Waals surface area contributed by atoms with E-state index in [2.05, 4.69) is 47.9 Å². The number of thiazole rings is 1. The van der Waals surface area contributed by atoms with Crippen molar-refractivity contribution < 1.29 is 14.3 Å². The zero-order valence-electron chi connectivity index (χ0n) is 20.1. The Morgan fingerprint density at radius 1 is 1.09 bits per heavy atom. The Balaban J connectivity index is 1.71. The highest BCUT2D eigenvalue weighted by Gasteiger charge is 2.18. The predicted molar refractivity (Wildman–Crippen MR) is 134 cm³/mol. The average Bonchev–Trinajstić information content (AvgIpc) is 3.18. The molecule has 0 saturated carbocycles. The lowest BCUT2D eigenvalue weighted by Gasteiger charge is -2.30. The lowest BCUT2D eigenvalue weighted by molar-refractivity contribution is 0.102. The van der Waals surface area contributed by atoms with Crippen molar-refractivity contribution in [3.05, 3.63) is 53.3 Å². The maximum Gasteiger partial charge on any atom is 0.267 e. The Morgan fingerprint density at radius 2 is 1.79 bits per heavy atom. The van der Waals surface area contributed by atoms with Gasteiger partial charge in [0, 0.05) is 48.3 Å². The molecule has 33 heavy (non-hydrogen) atoms. The van der Waals surface area contributed by atoms with Crippen LogP contribution in [0.4, 0.5) is 5.69 Å². The molecular weight excluding hydrogens is 436 g/mol. The van der Waals surface area contributed by atoms with E-state index in [1.807, 2.05) is 19.1 Å². The fraction of sp³-hybridized carbons (Fsp3) is 0.400. The predicted octanol–water partition coefficient (Wildman–Crippen LogP) is 5.27. The third-order valence-corrected chi connectivity index (χ3v) is 6.49. The number of aromatic nitrogens is 2. The summed E-state index contributed by atoms with van der Waals surface area (Å²) in [6.07, 6.45) is 3.43. The molecule has 0 spiro atoms. The summed E-state index contributed by atoms with van der Waals surface area (Å²) >= 11 is 1.36. The van der Waals surface area contributed by atoms with E-state index < -0.39 is 0 Å². The second-order valence-corrected chi connectivity index (χ2v) is 9.26. The minimum absolute atomic E-state index is 0.202. The first-order valence-corrected chi connectivity index (χ1v) is 11.9. The number of hydrogen-bond acceptors (Lipinski definition) is 7. The molecule has 2 aromatic heterocycles. The van der Waals surface area contributed by atoms with Crippen LogP contribution in [0.15, 0.2) is 42.7 Å². The van der Waals surface area contributed by atoms with Gasteiger partial charge in [-0.3, -0.25) is 14.7 Å². The number of pyridine rings is 1. The van der Waals surface area contributed by atoms with E-state index in [1.54, 1.807) is 37.7 Å². The summed E-state index contributed by atoms with van der Waals surface area (Å²) in [5, 5.41) is 3.75. The lowest BCUT2D eigenvalue weighted by Crippen LogP contribution is -2.39. The molecule has 1 aromatic carbocycles. The molecule has 0 saturated heterocycles. The van der Waals surface area contributed by atoms with Crippen LogP contribution in [0.5, 0.6) is 11.5 Å². The number of carbonyl (C=O) groups excluding carboxylic acids is 1. The second kappa shape index (κ2) is 11.2. The number of carbonyl (C=O) groups is 1. The number of aryl methyl sites for hydroxylation is 1. The molecule has 1 amide bonds. The highest BCUT2D eigenvalue weighted by atomic mass is 32.1. The van der Waals surface area contributed by atoms with Crippen LogP contribution in [0.25, 0.3) is 10.6 Å². The van der Waals surface area contributed by atoms with Crippen molar-refractivity contribution in [3.8, 4) is 22.1 Å². The molecule has 1 N–H and O–H groups in total. The molecule has 3 rings (SSSR count). The highest BCUT2D eigenvalue weighted by molar-refractivity contribution is 7.17. The number of benzene rings is 1. The van der Waals surface area contributed by atoms with Gasteiger partial charge in [-0.05, 0) is 58.9 Å². The van der Waals surface area contributed by atoms with E-state index in [0.29, 0.717) is 46.4 Å². The number of rotatable bonds is 10. The van der Waals surface area contributed by atoms with Crippen molar-refractivity contribution in [2.75, 3.05) is 25.6 Å². The molecule has 0 fully saturated rings. The number of nitrogens with one attached hydrogen (secondary N) is 1. The van der Waals surface area contributed by atoms with Crippen LogP contribution < -0.4 is 14.8 Å². The summed E-state index contributed by atoms with van der Waals surface area (Å²) in [4.78, 5) is 24.5. The fourth-order valence-electron chi connectivity index (χ4n) is 3.65. The third kappa shape index (κ3) is 6.30. The summed E-state index contributed by atoms with van der Waals surface area (Å²) in [6, 6.07) is 10.0. The van der Waals surface area contributed by atoms with Gasteiger partial charge in [0.25, 0.3) is 5.91 Å². The molecule has 8 heteroatoms. The number of anilines is 1. The van der Waals surface area contributed by atoms with Crippen LogP contribution in [-0.4, -0.2) is 53.1 Å². The molecule has 0 bridgehead atoms. The smallest absolute Gasteiger partial charge is 0.267 e. The van der Waals surface area contributed by atoms with Crippen LogP contribution in [0.2, 0.25) is 0 Å². The van der Waals surface area contributed by atoms with Crippen LogP contribution in [0.3, 0.4) is 0 Å². The van der Waals surface area contributed by atoms with Crippen molar-refractivity contribution in [1.29, 1.82) is 0 Å². The zero-order valence-corrected chi connectivity index (χ0v) is 20.9. The highest BCUT2D eigenvalue weighted by Crippen LogP contribution is 2.32. The number of ether oxygens (including phenoxy) is 2. The first-order chi connectivity index (χ1) is 15.8. The maximum absolute atomic E-state index is 13.0. The molecule has 0 radical (unpaired) electrons. The van der Waals surface area contributed by atoms with Gasteiger partial charge in [-0.15, -0.1) is 11.3 Å². The van der Waals surface area contributed by atoms with E-state index in [-0.39, 0.29) is 5.91 Å². The molecule has 0 atom stereocenters. The Morgan fingerprint density at radius 3 is 2.42 bits per heavy atom. The topological polar surface area (TPSA) is 76.6 Å². The molecule has 0 aliphatic rings. The van der Waals surface area contributed by atoms with Crippen LogP contribution in [-0.2, 0) is 0 Å². The van der Waals surface area contributed by atoms with Gasteiger partial charge in [0.2, 0.25) is 0 Å². The Kier molecular flexibility index (Phi) is 8.41. The SMILES string of the molecule is COc1ccc(NC(=O)c2sc(-c3ccncc3)nc2C)cc1OCCN(C(C)C)C(C)C. The summed E-state index contributed by atoms with van der Waals surface area (Å²) in [6.45, 7) is 11.9. The van der Waals surface area contributed by atoms with Crippen molar-refractivity contribution in [1.82, 2.24) is 14.9 Å². The number of nitrogens with zero attached hydrogens (tertiary/aromatic N) is 3. The monoisotopic (exact) mass is 468 g/mol. The molecule has 0 aliphatic carbocycles. The van der Waals surface area contributed by atoms with Crippen LogP contribution in [0.1, 0.15) is 43.1 Å². The average molecular weight is 469 g/mol. The molecule has 176 valence electrons.